The quantitative estimate of drug-likeness (QED) is 0.569. The zero-order chi connectivity index (χ0) is 21.8. The lowest BCUT2D eigenvalue weighted by atomic mass is 9.96. The van der Waals surface area contributed by atoms with Crippen molar-refractivity contribution in [3.63, 3.8) is 0 Å². The van der Waals surface area contributed by atoms with Crippen molar-refractivity contribution in [2.45, 2.75) is 32.1 Å². The number of amides is 1. The second-order valence-electron chi connectivity index (χ2n) is 7.78. The first-order chi connectivity index (χ1) is 15.1. The summed E-state index contributed by atoms with van der Waals surface area (Å²) < 4.78 is 10.7. The molecule has 1 saturated heterocycles. The maximum absolute atomic E-state index is 13.0. The summed E-state index contributed by atoms with van der Waals surface area (Å²) in [6.07, 6.45) is 2.28. The fourth-order valence-electron chi connectivity index (χ4n) is 4.02. The van der Waals surface area contributed by atoms with Gasteiger partial charge in [0, 0.05) is 24.7 Å². The van der Waals surface area contributed by atoms with Gasteiger partial charge in [-0.15, -0.1) is 11.3 Å². The minimum absolute atomic E-state index is 0.114. The van der Waals surface area contributed by atoms with Crippen LogP contribution in [0.15, 0.2) is 41.8 Å². The van der Waals surface area contributed by atoms with Gasteiger partial charge in [-0.1, -0.05) is 12.1 Å². The van der Waals surface area contributed by atoms with E-state index in [4.69, 9.17) is 19.4 Å². The minimum Gasteiger partial charge on any atom is -0.493 e. The van der Waals surface area contributed by atoms with E-state index in [9.17, 15) is 4.79 Å². The Bertz CT molecular complexity index is 1050. The predicted molar refractivity (Wildman–Crippen MR) is 122 cm³/mol. The number of methoxy groups -OCH3 is 2. The van der Waals surface area contributed by atoms with Gasteiger partial charge in [0.15, 0.2) is 11.5 Å². The largest absolute Gasteiger partial charge is 0.493 e. The van der Waals surface area contributed by atoms with Crippen molar-refractivity contribution < 1.29 is 14.3 Å². The molecule has 2 aromatic heterocycles. The van der Waals surface area contributed by atoms with E-state index in [1.54, 1.807) is 25.6 Å². The van der Waals surface area contributed by atoms with E-state index in [0.29, 0.717) is 24.5 Å². The lowest BCUT2D eigenvalue weighted by Gasteiger charge is -2.32. The molecule has 1 aliphatic rings. The Kier molecular flexibility index (Phi) is 6.51. The van der Waals surface area contributed by atoms with E-state index in [1.165, 1.54) is 0 Å². The number of carbonyl (C=O) groups is 1. The van der Waals surface area contributed by atoms with Gasteiger partial charge in [0.1, 0.15) is 5.82 Å². The summed E-state index contributed by atoms with van der Waals surface area (Å²) in [6.45, 7) is 3.43. The van der Waals surface area contributed by atoms with E-state index in [1.807, 2.05) is 42.2 Å². The van der Waals surface area contributed by atoms with Crippen LogP contribution in [0.2, 0.25) is 0 Å². The summed E-state index contributed by atoms with van der Waals surface area (Å²) in [6, 6.07) is 11.8. The van der Waals surface area contributed by atoms with Crippen LogP contribution < -0.4 is 9.47 Å². The van der Waals surface area contributed by atoms with Crippen LogP contribution in [0.4, 0.5) is 0 Å². The van der Waals surface area contributed by atoms with Gasteiger partial charge >= 0.3 is 0 Å². The molecule has 0 saturated carbocycles. The Balaban J connectivity index is 1.48. The maximum atomic E-state index is 13.0. The fraction of sp³-hybridized carbons (Fsp3) is 0.375. The number of hydrogen-bond donors (Lipinski definition) is 0. The second-order valence-corrected chi connectivity index (χ2v) is 8.72. The van der Waals surface area contributed by atoms with Crippen molar-refractivity contribution in [1.82, 2.24) is 14.9 Å². The first-order valence-electron chi connectivity index (χ1n) is 10.5. The number of aryl methyl sites for hydroxylation is 1. The molecule has 162 valence electrons. The number of hydrogen-bond acceptors (Lipinski definition) is 6. The van der Waals surface area contributed by atoms with Gasteiger partial charge < -0.3 is 14.4 Å². The predicted octanol–water partition coefficient (Wildman–Crippen LogP) is 4.48. The molecule has 0 bridgehead atoms. The highest BCUT2D eigenvalue weighted by Crippen LogP contribution is 2.30. The molecule has 4 rings (SSSR count). The molecule has 1 unspecified atom stereocenters. The molecular formula is C24H27N3O3S. The van der Waals surface area contributed by atoms with Crippen LogP contribution >= 0.6 is 11.3 Å². The Morgan fingerprint density at radius 2 is 2.00 bits per heavy atom. The van der Waals surface area contributed by atoms with Crippen LogP contribution in [0, 0.1) is 6.92 Å². The summed E-state index contributed by atoms with van der Waals surface area (Å²) in [7, 11) is 3.21. The monoisotopic (exact) mass is 437 g/mol. The van der Waals surface area contributed by atoms with E-state index in [0.717, 1.165) is 47.0 Å². The van der Waals surface area contributed by atoms with Crippen LogP contribution in [0.25, 0.3) is 10.6 Å². The molecule has 31 heavy (non-hydrogen) atoms. The summed E-state index contributed by atoms with van der Waals surface area (Å²) in [5.41, 5.74) is 2.84. The number of aromatic nitrogens is 2. The molecule has 6 nitrogen and oxygen atoms in total. The number of thiophene rings is 1. The molecule has 1 aliphatic heterocycles. The van der Waals surface area contributed by atoms with Crippen LogP contribution in [-0.2, 0) is 11.2 Å². The zero-order valence-corrected chi connectivity index (χ0v) is 18.9. The number of carbonyl (C=O) groups excluding carboxylic acids is 1. The van der Waals surface area contributed by atoms with Crippen LogP contribution in [-0.4, -0.2) is 48.1 Å². The molecule has 0 spiro atoms. The molecule has 1 aromatic carbocycles. The smallest absolute Gasteiger partial charge is 0.227 e. The Hall–Kier alpha value is -2.93. The number of piperidine rings is 1. The van der Waals surface area contributed by atoms with Crippen molar-refractivity contribution in [3.05, 3.63) is 58.9 Å². The van der Waals surface area contributed by atoms with Crippen molar-refractivity contribution in [1.29, 1.82) is 0 Å². The second kappa shape index (κ2) is 9.47. The van der Waals surface area contributed by atoms with E-state index in [-0.39, 0.29) is 11.8 Å². The fourth-order valence-corrected chi connectivity index (χ4v) is 4.70. The molecule has 1 atom stereocenters. The number of rotatable bonds is 6. The maximum Gasteiger partial charge on any atom is 0.227 e. The Morgan fingerprint density at radius 1 is 1.16 bits per heavy atom. The number of likely N-dealkylation sites (tertiary alicyclic amines) is 1. The highest BCUT2D eigenvalue weighted by atomic mass is 32.1. The first kappa shape index (κ1) is 21.3. The molecule has 7 heteroatoms. The van der Waals surface area contributed by atoms with Crippen molar-refractivity contribution >= 4 is 17.2 Å². The first-order valence-corrected chi connectivity index (χ1v) is 11.3. The summed E-state index contributed by atoms with van der Waals surface area (Å²) >= 11 is 1.68. The van der Waals surface area contributed by atoms with Crippen molar-refractivity contribution in [3.8, 4) is 22.1 Å². The lowest BCUT2D eigenvalue weighted by molar-refractivity contribution is -0.131. The van der Waals surface area contributed by atoms with Crippen molar-refractivity contribution in [2.75, 3.05) is 27.3 Å². The van der Waals surface area contributed by atoms with Crippen molar-refractivity contribution in [2.24, 2.45) is 0 Å². The molecule has 0 aliphatic carbocycles. The van der Waals surface area contributed by atoms with Gasteiger partial charge in [0.05, 0.1) is 31.2 Å². The molecule has 0 radical (unpaired) electrons. The topological polar surface area (TPSA) is 64.5 Å². The lowest BCUT2D eigenvalue weighted by Crippen LogP contribution is -2.40. The van der Waals surface area contributed by atoms with Crippen LogP contribution in [0.3, 0.4) is 0 Å². The number of nitrogens with zero attached hydrogens (tertiary/aromatic N) is 3. The molecule has 1 fully saturated rings. The summed E-state index contributed by atoms with van der Waals surface area (Å²) in [5, 5.41) is 2.06. The number of ether oxygens (including phenoxy) is 2. The van der Waals surface area contributed by atoms with E-state index >= 15 is 0 Å². The zero-order valence-electron chi connectivity index (χ0n) is 18.1. The Labute approximate surface area is 186 Å². The average molecular weight is 438 g/mol. The van der Waals surface area contributed by atoms with Gasteiger partial charge in [-0.05, 0) is 55.0 Å². The average Bonchev–Trinajstić information content (AvgIpc) is 3.34. The van der Waals surface area contributed by atoms with Gasteiger partial charge in [-0.3, -0.25) is 4.79 Å². The molecule has 0 N–H and O–H groups in total. The third kappa shape index (κ3) is 4.88. The molecular weight excluding hydrogens is 410 g/mol. The third-order valence-corrected chi connectivity index (χ3v) is 6.48. The standard InChI is InChI=1S/C24H27N3O3S/c1-16-12-19(22-7-5-11-31-22)26-24(25-16)18-6-4-10-27(15-18)23(28)14-17-8-9-20(29-2)21(13-17)30-3/h5,7-9,11-13,18H,4,6,10,14-15H2,1-3H3. The van der Waals surface area contributed by atoms with Crippen LogP contribution in [0.5, 0.6) is 11.5 Å². The highest BCUT2D eigenvalue weighted by molar-refractivity contribution is 7.13. The minimum atomic E-state index is 0.114. The summed E-state index contributed by atoms with van der Waals surface area (Å²) in [5.74, 6) is 2.41. The van der Waals surface area contributed by atoms with Gasteiger partial charge in [0.2, 0.25) is 5.91 Å². The number of benzene rings is 1. The van der Waals surface area contributed by atoms with E-state index in [2.05, 4.69) is 11.4 Å². The Morgan fingerprint density at radius 3 is 2.74 bits per heavy atom. The highest BCUT2D eigenvalue weighted by Gasteiger charge is 2.27. The SMILES string of the molecule is COc1ccc(CC(=O)N2CCCC(c3nc(C)cc(-c4cccs4)n3)C2)cc1OC. The van der Waals surface area contributed by atoms with Gasteiger partial charge in [0.25, 0.3) is 0 Å². The van der Waals surface area contributed by atoms with Gasteiger partial charge in [-0.2, -0.15) is 0 Å². The molecule has 3 aromatic rings. The third-order valence-electron chi connectivity index (χ3n) is 5.59. The summed E-state index contributed by atoms with van der Waals surface area (Å²) in [4.78, 5) is 25.7. The normalized spacial score (nSPS) is 16.2. The van der Waals surface area contributed by atoms with Gasteiger partial charge in [-0.25, -0.2) is 9.97 Å². The molecule has 1 amide bonds. The molecule has 3 heterocycles. The van der Waals surface area contributed by atoms with E-state index < -0.39 is 0 Å². The van der Waals surface area contributed by atoms with Crippen LogP contribution in [0.1, 0.15) is 35.8 Å².